The first-order valence-corrected chi connectivity index (χ1v) is 10.6. The van der Waals surface area contributed by atoms with Crippen molar-refractivity contribution in [3.8, 4) is 5.75 Å². The van der Waals surface area contributed by atoms with Crippen molar-refractivity contribution >= 4 is 21.6 Å². The van der Waals surface area contributed by atoms with Gasteiger partial charge in [-0.2, -0.15) is 0 Å². The molecule has 0 fully saturated rings. The molecule has 0 saturated carbocycles. The fourth-order valence-corrected chi connectivity index (χ4v) is 3.65. The van der Waals surface area contributed by atoms with Crippen LogP contribution in [0.25, 0.3) is 0 Å². The van der Waals surface area contributed by atoms with E-state index in [9.17, 15) is 13.2 Å². The Morgan fingerprint density at radius 1 is 1.11 bits per heavy atom. The summed E-state index contributed by atoms with van der Waals surface area (Å²) in [6, 6.07) is 14.8. The van der Waals surface area contributed by atoms with Gasteiger partial charge in [0.05, 0.1) is 19.1 Å². The van der Waals surface area contributed by atoms with Gasteiger partial charge in [0.1, 0.15) is 12.3 Å². The highest BCUT2D eigenvalue weighted by atomic mass is 32.2. The average molecular weight is 391 g/mol. The molecule has 0 spiro atoms. The van der Waals surface area contributed by atoms with Crippen LogP contribution in [0.4, 0.5) is 5.69 Å². The fraction of sp³-hybridized carbons (Fsp3) is 0.350. The number of nitrogens with one attached hydrogen (secondary N) is 1. The van der Waals surface area contributed by atoms with Gasteiger partial charge in [0.15, 0.2) is 0 Å². The summed E-state index contributed by atoms with van der Waals surface area (Å²) in [7, 11) is -1.96. The highest BCUT2D eigenvalue weighted by Crippen LogP contribution is 2.23. The average Bonchev–Trinajstić information content (AvgIpc) is 2.66. The number of carbonyl (C=O) groups excluding carboxylic acids is 1. The quantitative estimate of drug-likeness (QED) is 0.713. The molecule has 0 saturated heterocycles. The lowest BCUT2D eigenvalue weighted by Gasteiger charge is -2.24. The Labute approximate surface area is 161 Å². The number of anilines is 1. The SMILES string of the molecule is CCc1ccccc1N(CC(=O)NCCc1ccc(OC)cc1)S(C)(=O)=O. The number of benzene rings is 2. The largest absolute Gasteiger partial charge is 0.497 e. The summed E-state index contributed by atoms with van der Waals surface area (Å²) >= 11 is 0. The van der Waals surface area contributed by atoms with E-state index in [1.807, 2.05) is 43.3 Å². The minimum absolute atomic E-state index is 0.238. The number of aryl methyl sites for hydroxylation is 1. The normalized spacial score (nSPS) is 11.1. The summed E-state index contributed by atoms with van der Waals surface area (Å²) in [5.74, 6) is 0.445. The molecule has 146 valence electrons. The van der Waals surface area contributed by atoms with Crippen molar-refractivity contribution < 1.29 is 17.9 Å². The molecule has 2 rings (SSSR count). The Morgan fingerprint density at radius 3 is 2.37 bits per heavy atom. The molecule has 0 bridgehead atoms. The van der Waals surface area contributed by atoms with E-state index in [4.69, 9.17) is 4.74 Å². The highest BCUT2D eigenvalue weighted by Gasteiger charge is 2.22. The Kier molecular flexibility index (Phi) is 7.24. The van der Waals surface area contributed by atoms with E-state index in [0.29, 0.717) is 25.1 Å². The van der Waals surface area contributed by atoms with Gasteiger partial charge in [-0.25, -0.2) is 8.42 Å². The molecule has 7 heteroatoms. The molecule has 0 atom stereocenters. The fourth-order valence-electron chi connectivity index (χ4n) is 2.76. The molecule has 0 aliphatic heterocycles. The van der Waals surface area contributed by atoms with Crippen LogP contribution >= 0.6 is 0 Å². The Bertz CT molecular complexity index is 864. The zero-order valence-corrected chi connectivity index (χ0v) is 16.8. The number of nitrogens with zero attached hydrogens (tertiary/aromatic N) is 1. The van der Waals surface area contributed by atoms with Crippen LogP contribution < -0.4 is 14.4 Å². The second-order valence-electron chi connectivity index (χ2n) is 6.20. The van der Waals surface area contributed by atoms with Crippen molar-refractivity contribution in [1.29, 1.82) is 0 Å². The van der Waals surface area contributed by atoms with Gasteiger partial charge in [-0.05, 0) is 42.2 Å². The molecule has 0 radical (unpaired) electrons. The van der Waals surface area contributed by atoms with Crippen LogP contribution in [0.3, 0.4) is 0 Å². The second-order valence-corrected chi connectivity index (χ2v) is 8.11. The van der Waals surface area contributed by atoms with Gasteiger partial charge in [-0.1, -0.05) is 37.3 Å². The molecule has 2 aromatic carbocycles. The third-order valence-electron chi connectivity index (χ3n) is 4.22. The third kappa shape index (κ3) is 5.99. The van der Waals surface area contributed by atoms with Crippen molar-refractivity contribution in [1.82, 2.24) is 5.32 Å². The summed E-state index contributed by atoms with van der Waals surface area (Å²) in [6.45, 7) is 2.14. The van der Waals surface area contributed by atoms with Crippen LogP contribution in [-0.4, -0.2) is 40.8 Å². The summed E-state index contributed by atoms with van der Waals surface area (Å²) in [4.78, 5) is 12.3. The summed E-state index contributed by atoms with van der Waals surface area (Å²) in [6.07, 6.45) is 2.45. The maximum atomic E-state index is 12.3. The maximum Gasteiger partial charge on any atom is 0.240 e. The minimum Gasteiger partial charge on any atom is -0.497 e. The lowest BCUT2D eigenvalue weighted by Crippen LogP contribution is -2.41. The first kappa shape index (κ1) is 20.8. The topological polar surface area (TPSA) is 75.7 Å². The van der Waals surface area contributed by atoms with Gasteiger partial charge in [-0.3, -0.25) is 9.10 Å². The van der Waals surface area contributed by atoms with Crippen LogP contribution in [0, 0.1) is 0 Å². The molecule has 0 unspecified atom stereocenters. The maximum absolute atomic E-state index is 12.3. The van der Waals surface area contributed by atoms with Crippen LogP contribution in [0.2, 0.25) is 0 Å². The number of sulfonamides is 1. The number of amides is 1. The molecule has 0 aliphatic rings. The number of hydrogen-bond donors (Lipinski definition) is 1. The molecule has 2 aromatic rings. The van der Waals surface area contributed by atoms with Crippen molar-refractivity contribution in [3.63, 3.8) is 0 Å². The standard InChI is InChI=1S/C20H26N2O4S/c1-4-17-7-5-6-8-19(17)22(27(3,24)25)15-20(23)21-14-13-16-9-11-18(26-2)12-10-16/h5-12H,4,13-15H2,1-3H3,(H,21,23). The summed E-state index contributed by atoms with van der Waals surface area (Å²) in [5, 5.41) is 2.79. The van der Waals surface area contributed by atoms with E-state index >= 15 is 0 Å². The van der Waals surface area contributed by atoms with Crippen molar-refractivity contribution in [3.05, 3.63) is 59.7 Å². The smallest absolute Gasteiger partial charge is 0.240 e. The zero-order valence-electron chi connectivity index (χ0n) is 15.9. The van der Waals surface area contributed by atoms with Gasteiger partial charge < -0.3 is 10.1 Å². The molecule has 27 heavy (non-hydrogen) atoms. The van der Waals surface area contributed by atoms with E-state index in [1.165, 1.54) is 0 Å². The van der Waals surface area contributed by atoms with Crippen LogP contribution in [0.1, 0.15) is 18.1 Å². The molecular weight excluding hydrogens is 364 g/mol. The van der Waals surface area contributed by atoms with E-state index in [1.54, 1.807) is 19.2 Å². The molecule has 0 aromatic heterocycles. The first-order valence-electron chi connectivity index (χ1n) is 8.80. The zero-order chi connectivity index (χ0) is 19.9. The summed E-state index contributed by atoms with van der Waals surface area (Å²) in [5.41, 5.74) is 2.49. The molecule has 6 nitrogen and oxygen atoms in total. The summed E-state index contributed by atoms with van der Waals surface area (Å²) < 4.78 is 30.7. The Hall–Kier alpha value is -2.54. The predicted octanol–water partition coefficient (Wildman–Crippen LogP) is 2.38. The van der Waals surface area contributed by atoms with E-state index < -0.39 is 10.0 Å². The van der Waals surface area contributed by atoms with Gasteiger partial charge >= 0.3 is 0 Å². The van der Waals surface area contributed by atoms with Crippen LogP contribution in [-0.2, 0) is 27.7 Å². The van der Waals surface area contributed by atoms with Crippen LogP contribution in [0.15, 0.2) is 48.5 Å². The minimum atomic E-state index is -3.57. The second kappa shape index (κ2) is 9.41. The lowest BCUT2D eigenvalue weighted by molar-refractivity contribution is -0.119. The molecule has 1 amide bonds. The number of rotatable bonds is 9. The number of hydrogen-bond acceptors (Lipinski definition) is 4. The van der Waals surface area contributed by atoms with Gasteiger partial charge in [0.25, 0.3) is 0 Å². The number of methoxy groups -OCH3 is 1. The van der Waals surface area contributed by atoms with Crippen molar-refractivity contribution in [2.45, 2.75) is 19.8 Å². The predicted molar refractivity (Wildman–Crippen MR) is 108 cm³/mol. The molecule has 1 N–H and O–H groups in total. The monoisotopic (exact) mass is 390 g/mol. The van der Waals surface area contributed by atoms with Gasteiger partial charge in [0.2, 0.25) is 15.9 Å². The van der Waals surface area contributed by atoms with Gasteiger partial charge in [0, 0.05) is 6.54 Å². The third-order valence-corrected chi connectivity index (χ3v) is 5.35. The van der Waals surface area contributed by atoms with E-state index in [-0.39, 0.29) is 12.5 Å². The van der Waals surface area contributed by atoms with Crippen molar-refractivity contribution in [2.24, 2.45) is 0 Å². The first-order chi connectivity index (χ1) is 12.8. The Balaban J connectivity index is 1.99. The molecule has 0 heterocycles. The number of ether oxygens (including phenoxy) is 1. The van der Waals surface area contributed by atoms with E-state index in [2.05, 4.69) is 5.32 Å². The van der Waals surface area contributed by atoms with E-state index in [0.717, 1.165) is 27.4 Å². The van der Waals surface area contributed by atoms with Crippen LogP contribution in [0.5, 0.6) is 5.75 Å². The van der Waals surface area contributed by atoms with Crippen molar-refractivity contribution in [2.75, 3.05) is 30.8 Å². The highest BCUT2D eigenvalue weighted by molar-refractivity contribution is 7.92. The molecular formula is C20H26N2O4S. The Morgan fingerprint density at radius 2 is 1.78 bits per heavy atom. The molecule has 0 aliphatic carbocycles. The van der Waals surface area contributed by atoms with Gasteiger partial charge in [-0.15, -0.1) is 0 Å². The number of carbonyl (C=O) groups is 1. The lowest BCUT2D eigenvalue weighted by atomic mass is 10.1. The number of para-hydroxylation sites is 1.